The van der Waals surface area contributed by atoms with E-state index in [9.17, 15) is 14.0 Å². The number of anilines is 1. The van der Waals surface area contributed by atoms with Crippen molar-refractivity contribution >= 4 is 33.3 Å². The second-order valence-electron chi connectivity index (χ2n) is 4.22. The molecule has 3 nitrogen and oxygen atoms in total. The summed E-state index contributed by atoms with van der Waals surface area (Å²) in [5.74, 6) is -0.950. The maximum atomic E-state index is 13.4. The first-order chi connectivity index (χ1) is 9.47. The summed E-state index contributed by atoms with van der Waals surface area (Å²) < 4.78 is 13.7. The maximum Gasteiger partial charge on any atom is 0.255 e. The third-order valence-electron chi connectivity index (χ3n) is 2.73. The largest absolute Gasteiger partial charge is 0.322 e. The number of nitrogens with one attached hydrogen (secondary N) is 1. The first kappa shape index (κ1) is 14.4. The summed E-state index contributed by atoms with van der Waals surface area (Å²) in [4.78, 5) is 23.1. The van der Waals surface area contributed by atoms with Gasteiger partial charge in [-0.25, -0.2) is 4.39 Å². The number of ketones is 1. The summed E-state index contributed by atoms with van der Waals surface area (Å²) in [6.45, 7) is 1.47. The minimum atomic E-state index is -0.496. The monoisotopic (exact) mass is 335 g/mol. The first-order valence-electron chi connectivity index (χ1n) is 5.85. The zero-order valence-electron chi connectivity index (χ0n) is 10.6. The molecular weight excluding hydrogens is 325 g/mol. The molecule has 102 valence electrons. The van der Waals surface area contributed by atoms with E-state index >= 15 is 0 Å². The zero-order chi connectivity index (χ0) is 14.7. The molecule has 2 rings (SSSR count). The maximum absolute atomic E-state index is 13.4. The molecule has 0 bridgehead atoms. The lowest BCUT2D eigenvalue weighted by Crippen LogP contribution is -2.12. The summed E-state index contributed by atoms with van der Waals surface area (Å²) in [6.07, 6.45) is 0. The van der Waals surface area contributed by atoms with Gasteiger partial charge in [0.05, 0.1) is 4.47 Å². The van der Waals surface area contributed by atoms with Gasteiger partial charge in [-0.05, 0) is 65.3 Å². The number of hydrogen-bond donors (Lipinski definition) is 1. The molecule has 0 saturated carbocycles. The Balaban J connectivity index is 2.14. The van der Waals surface area contributed by atoms with E-state index in [0.29, 0.717) is 15.7 Å². The van der Waals surface area contributed by atoms with Crippen LogP contribution >= 0.6 is 15.9 Å². The van der Waals surface area contributed by atoms with E-state index in [1.807, 2.05) is 0 Å². The normalized spacial score (nSPS) is 10.2. The smallest absolute Gasteiger partial charge is 0.255 e. The van der Waals surface area contributed by atoms with Crippen molar-refractivity contribution in [3.8, 4) is 0 Å². The Morgan fingerprint density at radius 1 is 1.05 bits per heavy atom. The molecular formula is C15H11BrFNO2. The Morgan fingerprint density at radius 3 is 2.20 bits per heavy atom. The van der Waals surface area contributed by atoms with Crippen LogP contribution in [0.2, 0.25) is 0 Å². The topological polar surface area (TPSA) is 46.2 Å². The first-order valence-corrected chi connectivity index (χ1v) is 6.64. The van der Waals surface area contributed by atoms with E-state index in [2.05, 4.69) is 21.2 Å². The number of benzene rings is 2. The molecule has 1 amide bonds. The second-order valence-corrected chi connectivity index (χ2v) is 5.07. The number of halogens is 2. The van der Waals surface area contributed by atoms with Crippen LogP contribution in [0.5, 0.6) is 0 Å². The molecule has 0 atom stereocenters. The predicted octanol–water partition coefficient (Wildman–Crippen LogP) is 4.04. The predicted molar refractivity (Wildman–Crippen MR) is 78.5 cm³/mol. The van der Waals surface area contributed by atoms with Crippen molar-refractivity contribution in [1.29, 1.82) is 0 Å². The minimum Gasteiger partial charge on any atom is -0.322 e. The average molecular weight is 336 g/mol. The molecule has 0 unspecified atom stereocenters. The standard InChI is InChI=1S/C15H11BrFNO2/c1-9(19)10-2-5-12(6-3-10)18-15(20)11-4-7-13(16)14(17)8-11/h2-8H,1H3,(H,18,20). The molecule has 2 aromatic rings. The summed E-state index contributed by atoms with van der Waals surface area (Å²) in [6, 6.07) is 10.7. The van der Waals surface area contributed by atoms with Crippen molar-refractivity contribution in [2.24, 2.45) is 0 Å². The van der Waals surface area contributed by atoms with Gasteiger partial charge in [-0.3, -0.25) is 9.59 Å². The van der Waals surface area contributed by atoms with Gasteiger partial charge in [0.2, 0.25) is 0 Å². The fraction of sp³-hybridized carbons (Fsp3) is 0.0667. The summed E-state index contributed by atoms with van der Waals surface area (Å²) in [5.41, 5.74) is 1.34. The van der Waals surface area contributed by atoms with E-state index in [0.717, 1.165) is 6.07 Å². The van der Waals surface area contributed by atoms with Crippen molar-refractivity contribution in [3.05, 3.63) is 63.9 Å². The van der Waals surface area contributed by atoms with Gasteiger partial charge in [-0.2, -0.15) is 0 Å². The van der Waals surface area contributed by atoms with E-state index in [-0.39, 0.29) is 11.3 Å². The molecule has 0 heterocycles. The SMILES string of the molecule is CC(=O)c1ccc(NC(=O)c2ccc(Br)c(F)c2)cc1. The van der Waals surface area contributed by atoms with Gasteiger partial charge in [-0.15, -0.1) is 0 Å². The molecule has 1 N–H and O–H groups in total. The highest BCUT2D eigenvalue weighted by molar-refractivity contribution is 9.10. The quantitative estimate of drug-likeness (QED) is 0.860. The third-order valence-corrected chi connectivity index (χ3v) is 3.37. The molecule has 2 aromatic carbocycles. The van der Waals surface area contributed by atoms with Crippen molar-refractivity contribution in [1.82, 2.24) is 0 Å². The Morgan fingerprint density at radius 2 is 1.65 bits per heavy atom. The Hall–Kier alpha value is -2.01. The fourth-order valence-electron chi connectivity index (χ4n) is 1.63. The van der Waals surface area contributed by atoms with E-state index in [4.69, 9.17) is 0 Å². The van der Waals surface area contributed by atoms with Crippen LogP contribution in [0.3, 0.4) is 0 Å². The molecule has 0 aliphatic heterocycles. The van der Waals surface area contributed by atoms with Crippen LogP contribution in [0, 0.1) is 5.82 Å². The summed E-state index contributed by atoms with van der Waals surface area (Å²) in [7, 11) is 0. The number of carbonyl (C=O) groups is 2. The number of rotatable bonds is 3. The lowest BCUT2D eigenvalue weighted by molar-refractivity contribution is 0.101. The van der Waals surface area contributed by atoms with E-state index < -0.39 is 11.7 Å². The zero-order valence-corrected chi connectivity index (χ0v) is 12.2. The molecule has 0 spiro atoms. The van der Waals surface area contributed by atoms with Crippen molar-refractivity contribution in [2.75, 3.05) is 5.32 Å². The van der Waals surface area contributed by atoms with Gasteiger partial charge in [-0.1, -0.05) is 0 Å². The van der Waals surface area contributed by atoms with Crippen LogP contribution in [0.1, 0.15) is 27.6 Å². The Kier molecular flexibility index (Phi) is 4.29. The minimum absolute atomic E-state index is 0.0437. The number of Topliss-reactive ketones (excluding diaryl/α,β-unsaturated/α-hetero) is 1. The summed E-state index contributed by atoms with van der Waals surface area (Å²) in [5, 5.41) is 2.64. The highest BCUT2D eigenvalue weighted by atomic mass is 79.9. The van der Waals surface area contributed by atoms with Crippen molar-refractivity contribution in [2.45, 2.75) is 6.92 Å². The van der Waals surface area contributed by atoms with Crippen molar-refractivity contribution < 1.29 is 14.0 Å². The van der Waals surface area contributed by atoms with Crippen molar-refractivity contribution in [3.63, 3.8) is 0 Å². The Labute approximate surface area is 123 Å². The lowest BCUT2D eigenvalue weighted by atomic mass is 10.1. The molecule has 0 aliphatic carbocycles. The highest BCUT2D eigenvalue weighted by Crippen LogP contribution is 2.18. The third kappa shape index (κ3) is 3.30. The number of hydrogen-bond acceptors (Lipinski definition) is 2. The molecule has 0 radical (unpaired) electrons. The van der Waals surface area contributed by atoms with Crippen LogP contribution < -0.4 is 5.32 Å². The molecule has 0 fully saturated rings. The molecule has 0 saturated heterocycles. The van der Waals surface area contributed by atoms with Gasteiger partial charge in [0, 0.05) is 16.8 Å². The van der Waals surface area contributed by atoms with Gasteiger partial charge in [0.15, 0.2) is 5.78 Å². The second kappa shape index (κ2) is 5.96. The molecule has 20 heavy (non-hydrogen) atoms. The van der Waals surface area contributed by atoms with Crippen LogP contribution in [-0.4, -0.2) is 11.7 Å². The van der Waals surface area contributed by atoms with Crippen LogP contribution in [0.4, 0.5) is 10.1 Å². The van der Waals surface area contributed by atoms with Crippen LogP contribution in [0.15, 0.2) is 46.9 Å². The Bertz CT molecular complexity index is 668. The average Bonchev–Trinajstić information content (AvgIpc) is 2.42. The van der Waals surface area contributed by atoms with Gasteiger partial charge in [0.25, 0.3) is 5.91 Å². The van der Waals surface area contributed by atoms with E-state index in [1.54, 1.807) is 24.3 Å². The molecule has 0 aromatic heterocycles. The number of carbonyl (C=O) groups excluding carboxylic acids is 2. The van der Waals surface area contributed by atoms with Crippen LogP contribution in [0.25, 0.3) is 0 Å². The number of amides is 1. The molecule has 5 heteroatoms. The molecule has 0 aliphatic rings. The lowest BCUT2D eigenvalue weighted by Gasteiger charge is -2.06. The van der Waals surface area contributed by atoms with E-state index in [1.165, 1.54) is 19.1 Å². The summed E-state index contributed by atoms with van der Waals surface area (Å²) >= 11 is 3.03. The van der Waals surface area contributed by atoms with Crippen LogP contribution in [-0.2, 0) is 0 Å². The van der Waals surface area contributed by atoms with Gasteiger partial charge < -0.3 is 5.32 Å². The van der Waals surface area contributed by atoms with Gasteiger partial charge in [0.1, 0.15) is 5.82 Å². The fourth-order valence-corrected chi connectivity index (χ4v) is 1.88. The van der Waals surface area contributed by atoms with Gasteiger partial charge >= 0.3 is 0 Å². The highest BCUT2D eigenvalue weighted by Gasteiger charge is 2.09.